The predicted octanol–water partition coefficient (Wildman–Crippen LogP) is 4.27. The third-order valence-electron chi connectivity index (χ3n) is 4.53. The molecule has 0 amide bonds. The number of rotatable bonds is 4. The van der Waals surface area contributed by atoms with Gasteiger partial charge in [0.25, 0.3) is 0 Å². The monoisotopic (exact) mass is 345 g/mol. The molecule has 0 bridgehead atoms. The summed E-state index contributed by atoms with van der Waals surface area (Å²) in [5, 5.41) is 0.903. The van der Waals surface area contributed by atoms with Crippen LogP contribution in [0.5, 0.6) is 0 Å². The highest BCUT2D eigenvalue weighted by Gasteiger charge is 2.16. The molecule has 0 unspecified atom stereocenters. The standard InChI is InChI=1S/C21H19N3O2/c1-3-24-12-16(15-8-4-7-11-20(15)24)21(25)26-13-19-14(2)22-17-9-5-6-10-18(17)23-19/h4-12H,3,13H2,1-2H3. The minimum absolute atomic E-state index is 0.105. The maximum atomic E-state index is 12.7. The number of nitrogens with zero attached hydrogens (tertiary/aromatic N) is 3. The quantitative estimate of drug-likeness (QED) is 0.518. The van der Waals surface area contributed by atoms with Gasteiger partial charge in [0.05, 0.1) is 28.0 Å². The molecule has 26 heavy (non-hydrogen) atoms. The van der Waals surface area contributed by atoms with Gasteiger partial charge in [-0.05, 0) is 32.0 Å². The number of aryl methyl sites for hydroxylation is 2. The van der Waals surface area contributed by atoms with Crippen molar-refractivity contribution in [2.45, 2.75) is 27.0 Å². The van der Waals surface area contributed by atoms with Crippen LogP contribution in [0.25, 0.3) is 21.9 Å². The molecule has 0 radical (unpaired) electrons. The van der Waals surface area contributed by atoms with Crippen LogP contribution in [-0.2, 0) is 17.9 Å². The van der Waals surface area contributed by atoms with E-state index in [2.05, 4.69) is 16.9 Å². The molecule has 0 saturated heterocycles. The van der Waals surface area contributed by atoms with E-state index >= 15 is 0 Å². The first-order chi connectivity index (χ1) is 12.7. The Balaban J connectivity index is 1.61. The van der Waals surface area contributed by atoms with Gasteiger partial charge < -0.3 is 9.30 Å². The number of carbonyl (C=O) groups excluding carboxylic acids is 1. The lowest BCUT2D eigenvalue weighted by molar-refractivity contribution is 0.0469. The van der Waals surface area contributed by atoms with Crippen molar-refractivity contribution in [3.05, 3.63) is 71.7 Å². The summed E-state index contributed by atoms with van der Waals surface area (Å²) in [6, 6.07) is 15.5. The van der Waals surface area contributed by atoms with Gasteiger partial charge in [-0.15, -0.1) is 0 Å². The molecule has 0 spiro atoms. The summed E-state index contributed by atoms with van der Waals surface area (Å²) in [4.78, 5) is 21.8. The normalized spacial score (nSPS) is 11.2. The van der Waals surface area contributed by atoms with Crippen molar-refractivity contribution in [2.24, 2.45) is 0 Å². The highest BCUT2D eigenvalue weighted by atomic mass is 16.5. The second kappa shape index (κ2) is 6.59. The second-order valence-corrected chi connectivity index (χ2v) is 6.17. The fourth-order valence-corrected chi connectivity index (χ4v) is 3.14. The van der Waals surface area contributed by atoms with Gasteiger partial charge >= 0.3 is 5.97 Å². The van der Waals surface area contributed by atoms with Crippen molar-refractivity contribution in [3.8, 4) is 0 Å². The van der Waals surface area contributed by atoms with Gasteiger partial charge in [-0.3, -0.25) is 0 Å². The first-order valence-electron chi connectivity index (χ1n) is 8.64. The smallest absolute Gasteiger partial charge is 0.340 e. The molecule has 4 aromatic rings. The molecular formula is C21H19N3O2. The molecule has 5 heteroatoms. The third-order valence-corrected chi connectivity index (χ3v) is 4.53. The molecule has 0 aliphatic carbocycles. The van der Waals surface area contributed by atoms with Gasteiger partial charge in [0, 0.05) is 23.6 Å². The number of hydrogen-bond acceptors (Lipinski definition) is 4. The molecule has 2 aromatic carbocycles. The molecular weight excluding hydrogens is 326 g/mol. The number of para-hydroxylation sites is 3. The maximum Gasteiger partial charge on any atom is 0.340 e. The van der Waals surface area contributed by atoms with Crippen LogP contribution in [0.3, 0.4) is 0 Å². The van der Waals surface area contributed by atoms with Crippen molar-refractivity contribution in [2.75, 3.05) is 0 Å². The topological polar surface area (TPSA) is 57.0 Å². The van der Waals surface area contributed by atoms with Crippen molar-refractivity contribution in [3.63, 3.8) is 0 Å². The molecule has 4 rings (SSSR count). The van der Waals surface area contributed by atoms with Crippen LogP contribution in [-0.4, -0.2) is 20.5 Å². The fraction of sp³-hybridized carbons (Fsp3) is 0.190. The lowest BCUT2D eigenvalue weighted by Gasteiger charge is -2.07. The Hall–Kier alpha value is -3.21. The lowest BCUT2D eigenvalue weighted by Crippen LogP contribution is -2.08. The van der Waals surface area contributed by atoms with Crippen LogP contribution in [0.1, 0.15) is 28.7 Å². The van der Waals surface area contributed by atoms with E-state index in [4.69, 9.17) is 4.74 Å². The average molecular weight is 345 g/mol. The molecule has 0 aliphatic rings. The highest BCUT2D eigenvalue weighted by molar-refractivity contribution is 6.04. The van der Waals surface area contributed by atoms with E-state index in [1.54, 1.807) is 0 Å². The third kappa shape index (κ3) is 2.81. The number of carbonyl (C=O) groups is 1. The van der Waals surface area contributed by atoms with Crippen LogP contribution in [0, 0.1) is 6.92 Å². The Morgan fingerprint density at radius 2 is 1.73 bits per heavy atom. The molecule has 0 N–H and O–H groups in total. The Kier molecular flexibility index (Phi) is 4.13. The molecule has 0 saturated carbocycles. The van der Waals surface area contributed by atoms with Crippen molar-refractivity contribution in [1.82, 2.24) is 14.5 Å². The number of hydrogen-bond donors (Lipinski definition) is 0. The molecule has 5 nitrogen and oxygen atoms in total. The van der Waals surface area contributed by atoms with Gasteiger partial charge in [-0.1, -0.05) is 30.3 Å². The number of ether oxygens (including phenoxy) is 1. The predicted molar refractivity (Wildman–Crippen MR) is 101 cm³/mol. The summed E-state index contributed by atoms with van der Waals surface area (Å²) >= 11 is 0. The van der Waals surface area contributed by atoms with Crippen molar-refractivity contribution < 1.29 is 9.53 Å². The van der Waals surface area contributed by atoms with Gasteiger partial charge in [-0.25, -0.2) is 14.8 Å². The second-order valence-electron chi connectivity index (χ2n) is 6.17. The number of esters is 1. The van der Waals surface area contributed by atoms with Gasteiger partial charge in [0.15, 0.2) is 0 Å². The van der Waals surface area contributed by atoms with Crippen LogP contribution in [0.4, 0.5) is 0 Å². The Morgan fingerprint density at radius 1 is 1.04 bits per heavy atom. The summed E-state index contributed by atoms with van der Waals surface area (Å²) in [6.45, 7) is 4.83. The lowest BCUT2D eigenvalue weighted by atomic mass is 10.2. The maximum absolute atomic E-state index is 12.7. The van der Waals surface area contributed by atoms with Crippen LogP contribution in [0.15, 0.2) is 54.7 Å². The summed E-state index contributed by atoms with van der Waals surface area (Å²) in [5.74, 6) is -0.345. The Labute approximate surface area is 151 Å². The summed E-state index contributed by atoms with van der Waals surface area (Å²) in [5.41, 5.74) is 4.69. The Bertz CT molecular complexity index is 1110. The van der Waals surface area contributed by atoms with Gasteiger partial charge in [-0.2, -0.15) is 0 Å². The van der Waals surface area contributed by atoms with E-state index in [0.29, 0.717) is 11.3 Å². The summed E-state index contributed by atoms with van der Waals surface area (Å²) in [6.07, 6.45) is 1.85. The highest BCUT2D eigenvalue weighted by Crippen LogP contribution is 2.22. The van der Waals surface area contributed by atoms with Crippen LogP contribution >= 0.6 is 0 Å². The minimum Gasteiger partial charge on any atom is -0.455 e. The van der Waals surface area contributed by atoms with E-state index in [0.717, 1.165) is 34.2 Å². The number of aromatic nitrogens is 3. The van der Waals surface area contributed by atoms with E-state index in [9.17, 15) is 4.79 Å². The first kappa shape index (κ1) is 16.3. The molecule has 2 aromatic heterocycles. The fourth-order valence-electron chi connectivity index (χ4n) is 3.14. The zero-order valence-corrected chi connectivity index (χ0v) is 14.8. The van der Waals surface area contributed by atoms with Crippen molar-refractivity contribution >= 4 is 27.9 Å². The van der Waals surface area contributed by atoms with E-state index in [1.807, 2.05) is 66.2 Å². The van der Waals surface area contributed by atoms with Gasteiger partial charge in [0.2, 0.25) is 0 Å². The summed E-state index contributed by atoms with van der Waals surface area (Å²) in [7, 11) is 0. The van der Waals surface area contributed by atoms with Crippen LogP contribution in [0.2, 0.25) is 0 Å². The molecule has 0 atom stereocenters. The SMILES string of the molecule is CCn1cc(C(=O)OCc2nc3ccccc3nc2C)c2ccccc21. The molecule has 0 aliphatic heterocycles. The minimum atomic E-state index is -0.345. The zero-order chi connectivity index (χ0) is 18.1. The number of benzene rings is 2. The summed E-state index contributed by atoms with van der Waals surface area (Å²) < 4.78 is 7.60. The van der Waals surface area contributed by atoms with E-state index < -0.39 is 0 Å². The van der Waals surface area contributed by atoms with E-state index in [1.165, 1.54) is 0 Å². The van der Waals surface area contributed by atoms with Crippen LogP contribution < -0.4 is 0 Å². The first-order valence-corrected chi connectivity index (χ1v) is 8.64. The Morgan fingerprint density at radius 3 is 2.50 bits per heavy atom. The number of fused-ring (bicyclic) bond motifs is 2. The molecule has 2 heterocycles. The molecule has 130 valence electrons. The average Bonchev–Trinajstić information content (AvgIpc) is 3.05. The largest absolute Gasteiger partial charge is 0.455 e. The zero-order valence-electron chi connectivity index (χ0n) is 14.8. The molecule has 0 fully saturated rings. The van der Waals surface area contributed by atoms with Crippen molar-refractivity contribution in [1.29, 1.82) is 0 Å². The van der Waals surface area contributed by atoms with E-state index in [-0.39, 0.29) is 12.6 Å². The van der Waals surface area contributed by atoms with Gasteiger partial charge in [0.1, 0.15) is 6.61 Å².